The summed E-state index contributed by atoms with van der Waals surface area (Å²) in [5.41, 5.74) is 0.764. The minimum Gasteiger partial charge on any atom is -0.242 e. The highest BCUT2D eigenvalue weighted by Crippen LogP contribution is 2.43. The van der Waals surface area contributed by atoms with Crippen LogP contribution in [-0.2, 0) is 0 Å². The molecule has 2 aliphatic rings. The first-order valence-electron chi connectivity index (χ1n) is 5.05. The number of hydrogen-bond acceptors (Lipinski definition) is 0. The van der Waals surface area contributed by atoms with E-state index >= 15 is 0 Å². The molecule has 1 saturated heterocycles. The zero-order chi connectivity index (χ0) is 7.57. The standard InChI is InChI=1S/C10H18N/c1-2-4-10(5-3-1)6-8-11-9-7-10/h1-9H2. The Kier molecular flexibility index (Phi) is 2.17. The highest BCUT2D eigenvalue weighted by Gasteiger charge is 2.33. The van der Waals surface area contributed by atoms with Crippen LogP contribution in [0.2, 0.25) is 0 Å². The molecule has 0 unspecified atom stereocenters. The van der Waals surface area contributed by atoms with Gasteiger partial charge in [0.25, 0.3) is 0 Å². The molecule has 1 nitrogen and oxygen atoms in total. The highest BCUT2D eigenvalue weighted by molar-refractivity contribution is 4.86. The number of piperidine rings is 1. The first-order chi connectivity index (χ1) is 5.41. The topological polar surface area (TPSA) is 14.1 Å². The average Bonchev–Trinajstić information content (AvgIpc) is 2.07. The van der Waals surface area contributed by atoms with E-state index in [1.807, 2.05) is 0 Å². The molecule has 2 rings (SSSR count). The monoisotopic (exact) mass is 152 g/mol. The van der Waals surface area contributed by atoms with E-state index in [9.17, 15) is 0 Å². The molecule has 1 radical (unpaired) electrons. The summed E-state index contributed by atoms with van der Waals surface area (Å²) in [6.45, 7) is 2.31. The predicted octanol–water partition coefficient (Wildman–Crippen LogP) is 2.34. The summed E-state index contributed by atoms with van der Waals surface area (Å²) in [6.07, 6.45) is 10.3. The fourth-order valence-electron chi connectivity index (χ4n) is 2.67. The molecule has 11 heavy (non-hydrogen) atoms. The lowest BCUT2D eigenvalue weighted by atomic mass is 9.68. The Bertz CT molecular complexity index is 99.3. The first-order valence-corrected chi connectivity index (χ1v) is 5.05. The second-order valence-electron chi connectivity index (χ2n) is 4.23. The summed E-state index contributed by atoms with van der Waals surface area (Å²) in [6, 6.07) is 0. The lowest BCUT2D eigenvalue weighted by Gasteiger charge is -2.40. The van der Waals surface area contributed by atoms with E-state index in [0.29, 0.717) is 0 Å². The lowest BCUT2D eigenvalue weighted by molar-refractivity contribution is 0.132. The maximum atomic E-state index is 4.43. The number of nitrogens with zero attached hydrogens (tertiary/aromatic N) is 1. The van der Waals surface area contributed by atoms with Gasteiger partial charge < -0.3 is 0 Å². The Morgan fingerprint density at radius 1 is 0.727 bits per heavy atom. The Morgan fingerprint density at radius 2 is 1.36 bits per heavy atom. The summed E-state index contributed by atoms with van der Waals surface area (Å²) in [5.74, 6) is 0. The van der Waals surface area contributed by atoms with Gasteiger partial charge in [-0.15, -0.1) is 0 Å². The van der Waals surface area contributed by atoms with Crippen LogP contribution in [-0.4, -0.2) is 13.1 Å². The van der Waals surface area contributed by atoms with E-state index in [0.717, 1.165) is 18.5 Å². The van der Waals surface area contributed by atoms with E-state index in [-0.39, 0.29) is 0 Å². The second kappa shape index (κ2) is 3.14. The quantitative estimate of drug-likeness (QED) is 0.506. The molecule has 0 bridgehead atoms. The summed E-state index contributed by atoms with van der Waals surface area (Å²) in [7, 11) is 0. The van der Waals surface area contributed by atoms with E-state index < -0.39 is 0 Å². The fourth-order valence-corrected chi connectivity index (χ4v) is 2.67. The van der Waals surface area contributed by atoms with Crippen molar-refractivity contribution >= 4 is 0 Å². The van der Waals surface area contributed by atoms with Crippen LogP contribution in [0.15, 0.2) is 0 Å². The fraction of sp³-hybridized carbons (Fsp3) is 1.00. The van der Waals surface area contributed by atoms with Gasteiger partial charge in [-0.05, 0) is 31.1 Å². The third-order valence-electron chi connectivity index (χ3n) is 3.51. The normalized spacial score (nSPS) is 30.5. The molecule has 2 fully saturated rings. The summed E-state index contributed by atoms with van der Waals surface area (Å²) >= 11 is 0. The Balaban J connectivity index is 1.94. The van der Waals surface area contributed by atoms with Gasteiger partial charge in [0.2, 0.25) is 0 Å². The average molecular weight is 152 g/mol. The van der Waals surface area contributed by atoms with Crippen LogP contribution >= 0.6 is 0 Å². The molecule has 1 saturated carbocycles. The van der Waals surface area contributed by atoms with Crippen molar-refractivity contribution in [1.29, 1.82) is 0 Å². The molecule has 0 N–H and O–H groups in total. The van der Waals surface area contributed by atoms with Crippen LogP contribution in [0.3, 0.4) is 0 Å². The van der Waals surface area contributed by atoms with Crippen LogP contribution in [0.25, 0.3) is 0 Å². The van der Waals surface area contributed by atoms with Gasteiger partial charge in [0.1, 0.15) is 0 Å². The van der Waals surface area contributed by atoms with Gasteiger partial charge in [-0.1, -0.05) is 19.3 Å². The van der Waals surface area contributed by atoms with Gasteiger partial charge in [-0.2, -0.15) is 0 Å². The van der Waals surface area contributed by atoms with Crippen molar-refractivity contribution in [3.05, 3.63) is 0 Å². The van der Waals surface area contributed by atoms with Crippen LogP contribution in [0.5, 0.6) is 0 Å². The SMILES string of the molecule is C1CCC2(CC1)CC[N]CC2. The second-order valence-corrected chi connectivity index (χ2v) is 4.23. The minimum absolute atomic E-state index is 0.764. The third kappa shape index (κ3) is 1.58. The molecular weight excluding hydrogens is 134 g/mol. The van der Waals surface area contributed by atoms with Crippen LogP contribution in [0, 0.1) is 5.41 Å². The van der Waals surface area contributed by atoms with Crippen molar-refractivity contribution in [2.75, 3.05) is 13.1 Å². The van der Waals surface area contributed by atoms with Crippen molar-refractivity contribution in [3.8, 4) is 0 Å². The predicted molar refractivity (Wildman–Crippen MR) is 46.6 cm³/mol. The molecular formula is C10H18N. The van der Waals surface area contributed by atoms with E-state index in [2.05, 4.69) is 5.32 Å². The van der Waals surface area contributed by atoms with E-state index in [1.54, 1.807) is 0 Å². The molecule has 1 aliphatic heterocycles. The smallest absolute Gasteiger partial charge is 0.0138 e. The molecule has 0 aromatic heterocycles. The number of rotatable bonds is 0. The Hall–Kier alpha value is -0.0400. The Labute approximate surface area is 69.6 Å². The van der Waals surface area contributed by atoms with Gasteiger partial charge in [-0.3, -0.25) is 0 Å². The third-order valence-corrected chi connectivity index (χ3v) is 3.51. The summed E-state index contributed by atoms with van der Waals surface area (Å²) in [5, 5.41) is 4.43. The molecule has 1 spiro atoms. The zero-order valence-corrected chi connectivity index (χ0v) is 7.31. The summed E-state index contributed by atoms with van der Waals surface area (Å²) < 4.78 is 0. The highest BCUT2D eigenvalue weighted by atomic mass is 14.9. The molecule has 0 aromatic rings. The van der Waals surface area contributed by atoms with Crippen LogP contribution < -0.4 is 5.32 Å². The molecule has 0 aromatic carbocycles. The first kappa shape index (κ1) is 7.60. The molecule has 1 heterocycles. The van der Waals surface area contributed by atoms with Crippen molar-refractivity contribution in [2.45, 2.75) is 44.9 Å². The molecule has 0 atom stereocenters. The lowest BCUT2D eigenvalue weighted by Crippen LogP contribution is -2.34. The van der Waals surface area contributed by atoms with Crippen molar-refractivity contribution in [2.24, 2.45) is 5.41 Å². The molecule has 1 aliphatic carbocycles. The van der Waals surface area contributed by atoms with Crippen LogP contribution in [0.1, 0.15) is 44.9 Å². The van der Waals surface area contributed by atoms with Gasteiger partial charge in [0.05, 0.1) is 0 Å². The zero-order valence-electron chi connectivity index (χ0n) is 7.31. The maximum Gasteiger partial charge on any atom is 0.0138 e. The van der Waals surface area contributed by atoms with Gasteiger partial charge in [0, 0.05) is 13.1 Å². The van der Waals surface area contributed by atoms with E-state index in [1.165, 1.54) is 44.9 Å². The van der Waals surface area contributed by atoms with Crippen molar-refractivity contribution < 1.29 is 0 Å². The maximum absolute atomic E-state index is 4.43. The van der Waals surface area contributed by atoms with Crippen molar-refractivity contribution in [1.82, 2.24) is 5.32 Å². The number of hydrogen-bond donors (Lipinski definition) is 0. The largest absolute Gasteiger partial charge is 0.242 e. The molecule has 1 heteroatoms. The van der Waals surface area contributed by atoms with Gasteiger partial charge in [-0.25, -0.2) is 5.32 Å². The molecule has 0 amide bonds. The molecule has 63 valence electrons. The minimum atomic E-state index is 0.764. The summed E-state index contributed by atoms with van der Waals surface area (Å²) in [4.78, 5) is 0. The van der Waals surface area contributed by atoms with Crippen LogP contribution in [0.4, 0.5) is 0 Å². The Morgan fingerprint density at radius 3 is 2.00 bits per heavy atom. The van der Waals surface area contributed by atoms with Gasteiger partial charge >= 0.3 is 0 Å². The van der Waals surface area contributed by atoms with E-state index in [4.69, 9.17) is 0 Å². The van der Waals surface area contributed by atoms with Crippen molar-refractivity contribution in [3.63, 3.8) is 0 Å². The van der Waals surface area contributed by atoms with Gasteiger partial charge in [0.15, 0.2) is 0 Å².